The molecule has 76 heavy (non-hydrogen) atoms. The molecule has 3 saturated heterocycles. The van der Waals surface area contributed by atoms with Crippen LogP contribution in [0.15, 0.2) is 70.6 Å². The third kappa shape index (κ3) is 17.4. The fourth-order valence-corrected chi connectivity index (χ4v) is 9.55. The molecule has 3 heterocycles. The van der Waals surface area contributed by atoms with Crippen molar-refractivity contribution in [2.45, 2.75) is 125 Å². The van der Waals surface area contributed by atoms with Gasteiger partial charge in [-0.1, -0.05) is 60.7 Å². The number of hydrogen-bond acceptors (Lipinski definition) is 13. The van der Waals surface area contributed by atoms with Crippen molar-refractivity contribution in [3.8, 4) is 0 Å². The number of carboxylic acid groups (broad SMARTS) is 1. The molecule has 0 radical (unpaired) electrons. The maximum absolute atomic E-state index is 14.1. The number of nitrogens with zero attached hydrogens (tertiary/aromatic N) is 5. The van der Waals surface area contributed by atoms with Gasteiger partial charge in [0.1, 0.15) is 42.3 Å². The summed E-state index contributed by atoms with van der Waals surface area (Å²) in [5.41, 5.74) is 29.0. The highest BCUT2D eigenvalue weighted by Crippen LogP contribution is 2.26. The Morgan fingerprint density at radius 3 is 1.58 bits per heavy atom. The number of nitrogens with two attached hydrogens (primary N) is 5. The van der Waals surface area contributed by atoms with E-state index in [1.807, 2.05) is 0 Å². The number of aliphatic hydroxyl groups excluding tert-OH is 1. The van der Waals surface area contributed by atoms with Crippen molar-refractivity contribution in [3.63, 3.8) is 0 Å². The van der Waals surface area contributed by atoms with E-state index in [9.17, 15) is 53.4 Å². The SMILES string of the molecule is NC(N)=NCCC[C@@H](N)C(=O)N1CCC[C@@H]1C(=O)N1CCC[C@@H]1C(=O)NCC(=O)N[C@H](Cc1ccccc1)C(=O)N[C@H](CO)C(=O)N1CCC[C@@H]1C(=O)N[C@H](Cc1ccccc1)C(=O)N[C@H](CCCN=C(N)N)C(=O)O. The highest BCUT2D eigenvalue weighted by molar-refractivity contribution is 5.98. The van der Waals surface area contributed by atoms with E-state index in [0.717, 1.165) is 0 Å². The van der Waals surface area contributed by atoms with Crippen LogP contribution >= 0.6 is 0 Å². The third-order valence-electron chi connectivity index (χ3n) is 13.4. The summed E-state index contributed by atoms with van der Waals surface area (Å²) in [5, 5.41) is 33.3. The van der Waals surface area contributed by atoms with E-state index >= 15 is 0 Å². The second-order valence-corrected chi connectivity index (χ2v) is 19.0. The predicted molar refractivity (Wildman–Crippen MR) is 278 cm³/mol. The fourth-order valence-electron chi connectivity index (χ4n) is 9.55. The number of nitrogens with one attached hydrogen (secondary N) is 5. The molecule has 8 amide bonds. The number of aliphatic imine (C=N–C) groups is 2. The van der Waals surface area contributed by atoms with E-state index < -0.39 is 109 Å². The van der Waals surface area contributed by atoms with Crippen molar-refractivity contribution in [2.75, 3.05) is 45.9 Å². The summed E-state index contributed by atoms with van der Waals surface area (Å²) >= 11 is 0. The van der Waals surface area contributed by atoms with E-state index in [1.165, 1.54) is 14.7 Å². The van der Waals surface area contributed by atoms with Crippen LogP contribution in [0, 0.1) is 0 Å². The van der Waals surface area contributed by atoms with Crippen molar-refractivity contribution in [1.29, 1.82) is 0 Å². The minimum Gasteiger partial charge on any atom is -0.480 e. The molecule has 0 saturated carbocycles. The Bertz CT molecular complexity index is 2400. The number of hydrogen-bond donors (Lipinski definition) is 12. The van der Waals surface area contributed by atoms with Crippen LogP contribution in [-0.4, -0.2) is 184 Å². The lowest BCUT2D eigenvalue weighted by atomic mass is 10.0. The molecule has 26 nitrogen and oxygen atoms in total. The van der Waals surface area contributed by atoms with Gasteiger partial charge in [-0.3, -0.25) is 48.3 Å². The first-order chi connectivity index (χ1) is 36.4. The van der Waals surface area contributed by atoms with Gasteiger partial charge in [-0.05, 0) is 75.3 Å². The summed E-state index contributed by atoms with van der Waals surface area (Å²) < 4.78 is 0. The molecule has 26 heteroatoms. The smallest absolute Gasteiger partial charge is 0.326 e. The zero-order valence-electron chi connectivity index (χ0n) is 42.5. The number of guanidine groups is 2. The zero-order chi connectivity index (χ0) is 55.3. The molecule has 0 aromatic heterocycles. The van der Waals surface area contributed by atoms with Gasteiger partial charge < -0.3 is 80.2 Å². The molecule has 0 unspecified atom stereocenters. The maximum Gasteiger partial charge on any atom is 0.326 e. The molecule has 2 aromatic rings. The average molecular weight is 1060 g/mol. The Balaban J connectivity index is 1.21. The van der Waals surface area contributed by atoms with Gasteiger partial charge in [0.25, 0.3) is 0 Å². The van der Waals surface area contributed by atoms with Gasteiger partial charge in [0.2, 0.25) is 47.3 Å². The van der Waals surface area contributed by atoms with Crippen LogP contribution in [0.2, 0.25) is 0 Å². The Morgan fingerprint density at radius 2 is 1.05 bits per heavy atom. The molecule has 2 aromatic carbocycles. The molecule has 414 valence electrons. The highest BCUT2D eigenvalue weighted by Gasteiger charge is 2.44. The van der Waals surface area contributed by atoms with Crippen molar-refractivity contribution in [1.82, 2.24) is 41.3 Å². The molecule has 3 fully saturated rings. The summed E-state index contributed by atoms with van der Waals surface area (Å²) in [7, 11) is 0. The topological polar surface area (TPSA) is 419 Å². The number of rotatable bonds is 27. The van der Waals surface area contributed by atoms with E-state index in [1.54, 1.807) is 60.7 Å². The number of amides is 8. The fraction of sp³-hybridized carbons (Fsp3) is 0.540. The van der Waals surface area contributed by atoms with Crippen molar-refractivity contribution in [3.05, 3.63) is 71.8 Å². The molecule has 0 aliphatic carbocycles. The zero-order valence-corrected chi connectivity index (χ0v) is 42.5. The Labute approximate surface area is 440 Å². The molecular weight excluding hydrogens is 987 g/mol. The van der Waals surface area contributed by atoms with Crippen LogP contribution in [0.25, 0.3) is 0 Å². The number of carbonyl (C=O) groups is 9. The summed E-state index contributed by atoms with van der Waals surface area (Å²) in [5.74, 6) is -6.93. The Morgan fingerprint density at radius 1 is 0.579 bits per heavy atom. The quantitative estimate of drug-likeness (QED) is 0.0231. The summed E-state index contributed by atoms with van der Waals surface area (Å²) in [6.07, 6.45) is 3.13. The predicted octanol–water partition coefficient (Wildman–Crippen LogP) is -3.99. The van der Waals surface area contributed by atoms with Gasteiger partial charge in [-0.25, -0.2) is 4.79 Å². The number of carboxylic acids is 1. The monoisotopic (exact) mass is 1060 g/mol. The largest absolute Gasteiger partial charge is 0.480 e. The van der Waals surface area contributed by atoms with Gasteiger partial charge >= 0.3 is 5.97 Å². The van der Waals surface area contributed by atoms with E-state index in [-0.39, 0.29) is 69.6 Å². The van der Waals surface area contributed by atoms with Gasteiger partial charge in [-0.15, -0.1) is 0 Å². The maximum atomic E-state index is 14.1. The van der Waals surface area contributed by atoms with Crippen molar-refractivity contribution in [2.24, 2.45) is 38.7 Å². The van der Waals surface area contributed by atoms with Crippen LogP contribution in [0.5, 0.6) is 0 Å². The molecule has 8 atom stereocenters. The van der Waals surface area contributed by atoms with Crippen LogP contribution in [0.1, 0.15) is 75.3 Å². The number of likely N-dealkylation sites (tertiary alicyclic amines) is 3. The highest BCUT2D eigenvalue weighted by atomic mass is 16.4. The molecule has 3 aliphatic rings. The molecular formula is C50H73N15O11. The lowest BCUT2D eigenvalue weighted by Gasteiger charge is -2.32. The first-order valence-corrected chi connectivity index (χ1v) is 25.6. The summed E-state index contributed by atoms with van der Waals surface area (Å²) in [6.45, 7) is -0.442. The summed E-state index contributed by atoms with van der Waals surface area (Å²) in [4.78, 5) is 134. The number of benzene rings is 2. The number of carbonyl (C=O) groups excluding carboxylic acids is 8. The lowest BCUT2D eigenvalue weighted by Crippen LogP contribution is -2.60. The summed E-state index contributed by atoms with van der Waals surface area (Å²) in [6, 6.07) is 8.00. The lowest BCUT2D eigenvalue weighted by molar-refractivity contribution is -0.147. The van der Waals surface area contributed by atoms with Crippen LogP contribution in [0.3, 0.4) is 0 Å². The van der Waals surface area contributed by atoms with E-state index in [2.05, 4.69) is 36.6 Å². The average Bonchev–Trinajstić information content (AvgIpc) is 4.22. The molecule has 17 N–H and O–H groups in total. The van der Waals surface area contributed by atoms with Crippen LogP contribution in [-0.2, 0) is 56.0 Å². The van der Waals surface area contributed by atoms with Crippen molar-refractivity contribution >= 4 is 65.1 Å². The minimum absolute atomic E-state index is 0.0209. The molecule has 5 rings (SSSR count). The number of aliphatic carboxylic acids is 1. The van der Waals surface area contributed by atoms with E-state index in [4.69, 9.17) is 28.7 Å². The second kappa shape index (κ2) is 29.3. The van der Waals surface area contributed by atoms with Crippen LogP contribution in [0.4, 0.5) is 0 Å². The van der Waals surface area contributed by atoms with Crippen molar-refractivity contribution < 1.29 is 53.4 Å². The molecule has 0 spiro atoms. The minimum atomic E-state index is -1.59. The first kappa shape index (κ1) is 59.0. The standard InChI is InChI=1S/C50H73N15O11/c51-32(16-7-21-56-49(52)53)45(72)65-25-11-20-39(65)47(74)64-24-9-18-37(64)43(70)58-28-40(67)59-34(26-30-12-3-1-4-13-30)41(68)62-36(29-66)46(73)63-23-10-19-38(63)44(71)61-35(27-31-14-5-2-6-15-31)42(69)60-33(48(75)76)17-8-22-57-50(54)55/h1-6,12-15,32-39,66H,7-11,16-29,51H2,(H,58,70)(H,59,67)(H,60,69)(H,61,71)(H,62,68)(H,75,76)(H4,52,53,56)(H4,54,55,57)/t32-,33-,34-,35-,36-,37-,38-,39-/m1/s1. The molecule has 0 bridgehead atoms. The number of aliphatic hydroxyl groups is 1. The Kier molecular flexibility index (Phi) is 22.7. The third-order valence-corrected chi connectivity index (χ3v) is 13.4. The second-order valence-electron chi connectivity index (χ2n) is 19.0. The van der Waals surface area contributed by atoms with Gasteiger partial charge in [0.15, 0.2) is 11.9 Å². The van der Waals surface area contributed by atoms with E-state index in [0.29, 0.717) is 69.2 Å². The van der Waals surface area contributed by atoms with Gasteiger partial charge in [-0.2, -0.15) is 0 Å². The van der Waals surface area contributed by atoms with Gasteiger partial charge in [0, 0.05) is 45.6 Å². The van der Waals surface area contributed by atoms with Crippen LogP contribution < -0.4 is 55.3 Å². The van der Waals surface area contributed by atoms with Gasteiger partial charge in [0.05, 0.1) is 19.2 Å². The first-order valence-electron chi connectivity index (χ1n) is 25.6. The molecule has 3 aliphatic heterocycles. The Hall–Kier alpha value is -7.87. The normalized spacial score (nSPS) is 19.0.